The SMILES string of the molecule is [13CH3][15N]1[13CH2][13CH2][15N]([13CH2][13CH]2[13CH2][13CH2][13CH2][15N]2[13CH2]C(=O)NCCC(=O)NCCC(=O)NCCCC(=O)O)[13CH2][13CH2]1. The highest BCUT2D eigenvalue weighted by atomic mass is 16.4. The van der Waals surface area contributed by atoms with E-state index < -0.39 is 5.97 Å². The lowest BCUT2D eigenvalue weighted by Crippen LogP contribution is -2.50. The molecule has 0 radical (unpaired) electrons. The summed E-state index contributed by atoms with van der Waals surface area (Å²) < 4.78 is 0. The summed E-state index contributed by atoms with van der Waals surface area (Å²) in [6.07, 6.45) is 2.92. The van der Waals surface area contributed by atoms with E-state index in [1.165, 1.54) is 0 Å². The summed E-state index contributed by atoms with van der Waals surface area (Å²) in [6.45, 7) is 7.42. The van der Waals surface area contributed by atoms with Gasteiger partial charge in [-0.25, -0.2) is 0 Å². The Hall–Kier alpha value is -2.24. The van der Waals surface area contributed by atoms with Gasteiger partial charge >= 0.3 is 5.97 Å². The van der Waals surface area contributed by atoms with E-state index in [0.717, 1.165) is 52.1 Å². The van der Waals surface area contributed by atoms with Crippen molar-refractivity contribution in [2.75, 3.05) is 72.5 Å². The number of nitrogens with zero attached hydrogens (tertiary/aromatic N) is 3. The summed E-state index contributed by atoms with van der Waals surface area (Å²) in [4.78, 5) is 53.4. The molecule has 0 bridgehead atoms. The zero-order chi connectivity index (χ0) is 24.1. The van der Waals surface area contributed by atoms with Crippen LogP contribution in [-0.4, -0.2) is 122 Å². The van der Waals surface area contributed by atoms with Gasteiger partial charge in [0, 0.05) is 77.7 Å². The second-order valence-electron chi connectivity index (χ2n) is 8.92. The highest BCUT2D eigenvalue weighted by molar-refractivity contribution is 5.81. The maximum absolute atomic E-state index is 12.3. The van der Waals surface area contributed by atoms with E-state index in [1.54, 1.807) is 0 Å². The van der Waals surface area contributed by atoms with Crippen molar-refractivity contribution >= 4 is 23.7 Å². The van der Waals surface area contributed by atoms with E-state index in [0.29, 0.717) is 25.6 Å². The Bertz CT molecular complexity index is 653. The first-order valence-electron chi connectivity index (χ1n) is 12.0. The Kier molecular flexibility index (Phi) is 12.1. The lowest BCUT2D eigenvalue weighted by Gasteiger charge is -2.36. The van der Waals surface area contributed by atoms with E-state index in [2.05, 4.69) is 37.7 Å². The largest absolute Gasteiger partial charge is 0.481 e. The lowest BCUT2D eigenvalue weighted by atomic mass is 10.3. The number of hydrogen-bond acceptors (Lipinski definition) is 7. The molecule has 0 spiro atoms. The number of rotatable bonds is 14. The highest BCUT2D eigenvalue weighted by Gasteiger charge is 2.28. The van der Waals surface area contributed by atoms with Gasteiger partial charge in [-0.15, -0.1) is 0 Å². The third-order valence-electron chi connectivity index (χ3n) is 6.15. The number of likely N-dealkylation sites (N-methyl/N-ethyl adjacent to an activating group) is 1. The molecule has 2 aliphatic rings. The van der Waals surface area contributed by atoms with Crippen LogP contribution in [-0.2, 0) is 19.2 Å². The first-order valence-corrected chi connectivity index (χ1v) is 12.0. The molecule has 188 valence electrons. The number of carboxylic acids is 1. The lowest BCUT2D eigenvalue weighted by molar-refractivity contribution is -0.137. The van der Waals surface area contributed by atoms with Crippen LogP contribution < -0.4 is 16.0 Å². The molecule has 4 N–H and O–H groups in total. The predicted molar refractivity (Wildman–Crippen MR) is 124 cm³/mol. The van der Waals surface area contributed by atoms with Crippen molar-refractivity contribution in [3.05, 3.63) is 0 Å². The zero-order valence-electron chi connectivity index (χ0n) is 19.8. The van der Waals surface area contributed by atoms with Crippen molar-refractivity contribution in [3.8, 4) is 0 Å². The van der Waals surface area contributed by atoms with Gasteiger partial charge in [-0.3, -0.25) is 29.0 Å². The van der Waals surface area contributed by atoms with E-state index in [-0.39, 0.29) is 50.1 Å². The highest BCUT2D eigenvalue weighted by Crippen LogP contribution is 2.18. The summed E-state index contributed by atoms with van der Waals surface area (Å²) in [6, 6.07) is 0.415. The van der Waals surface area contributed by atoms with Crippen LogP contribution in [0.25, 0.3) is 0 Å². The van der Waals surface area contributed by atoms with E-state index in [9.17, 15) is 19.2 Å². The molecule has 1 unspecified atom stereocenters. The van der Waals surface area contributed by atoms with Crippen molar-refractivity contribution in [3.63, 3.8) is 0 Å². The van der Waals surface area contributed by atoms with Crippen LogP contribution >= 0.6 is 0 Å². The molecule has 11 heteroatoms. The molecule has 3 amide bonds. The zero-order valence-corrected chi connectivity index (χ0v) is 19.8. The minimum atomic E-state index is -0.894. The first kappa shape index (κ1) is 27.0. The Morgan fingerprint density at radius 1 is 0.818 bits per heavy atom. The molecule has 1 atom stereocenters. The van der Waals surface area contributed by atoms with Crippen LogP contribution in [0.15, 0.2) is 0 Å². The Labute approximate surface area is 196 Å². The number of aliphatic carboxylic acids is 1. The Morgan fingerprint density at radius 2 is 1.42 bits per heavy atom. The first-order chi connectivity index (χ1) is 15.8. The monoisotopic (exact) mass is 482 g/mol. The molecule has 0 aromatic carbocycles. The second kappa shape index (κ2) is 14.8. The molecule has 2 saturated heterocycles. The smallest absolute Gasteiger partial charge is 0.303 e. The quantitative estimate of drug-likeness (QED) is 0.136. The molecule has 11 nitrogen and oxygen atoms in total. The molecule has 0 saturated carbocycles. The Balaban J connectivity index is 1.52. The summed E-state index contributed by atoms with van der Waals surface area (Å²) >= 11 is 0. The number of carbonyl (C=O) groups excluding carboxylic acids is 3. The van der Waals surface area contributed by atoms with Crippen LogP contribution in [0.1, 0.15) is 38.5 Å². The standard InChI is InChI=1S/C22H40N6O5/c1-26-12-14-27(15-13-26)16-18-4-3-11-28(18)17-21(31)25-10-7-20(30)24-9-6-19(29)23-8-2-5-22(32)33/h18H,2-17H2,1H3,(H,23,29)(H,24,30)(H,25,31)(H,32,33)/i1+1,3+1,4+1,11+1,12+1,13+1,14+1,15+1,16+1,17+1,18+1,26+1,27+1,28+1. The summed E-state index contributed by atoms with van der Waals surface area (Å²) in [5.41, 5.74) is 0. The van der Waals surface area contributed by atoms with Crippen LogP contribution in [0.2, 0.25) is 0 Å². The van der Waals surface area contributed by atoms with Gasteiger partial charge < -0.3 is 26.0 Å². The maximum atomic E-state index is 12.3. The van der Waals surface area contributed by atoms with Crippen LogP contribution in [0.4, 0.5) is 0 Å². The third kappa shape index (κ3) is 11.4. The van der Waals surface area contributed by atoms with Crippen LogP contribution in [0.5, 0.6) is 0 Å². The average Bonchev–Trinajstić information content (AvgIpc) is 3.19. The molecule has 2 rings (SSSR count). The number of carboxylic acid groups (broad SMARTS) is 1. The molecule has 2 aliphatic heterocycles. The van der Waals surface area contributed by atoms with E-state index >= 15 is 0 Å². The van der Waals surface area contributed by atoms with E-state index in [1.807, 2.05) is 0 Å². The fourth-order valence-corrected chi connectivity index (χ4v) is 4.15. The van der Waals surface area contributed by atoms with Crippen molar-refractivity contribution in [1.29, 1.82) is 0 Å². The molecule has 2 heterocycles. The van der Waals surface area contributed by atoms with Gasteiger partial charge in [0.1, 0.15) is 0 Å². The normalized spacial score (nSPS) is 19.8. The number of carbonyl (C=O) groups is 4. The molecular formula is C22H40N6O5. The molecule has 0 aliphatic carbocycles. The summed E-state index contributed by atoms with van der Waals surface area (Å²) in [7, 11) is 2.15. The number of likely N-dealkylation sites (tertiary alicyclic amines) is 1. The van der Waals surface area contributed by atoms with Crippen molar-refractivity contribution in [2.24, 2.45) is 0 Å². The average molecular weight is 482 g/mol. The summed E-state index contributed by atoms with van der Waals surface area (Å²) in [5, 5.41) is 16.6. The van der Waals surface area contributed by atoms with Crippen molar-refractivity contribution in [1.82, 2.24) is 30.7 Å². The molecule has 0 aromatic rings. The van der Waals surface area contributed by atoms with Crippen LogP contribution in [0.3, 0.4) is 0 Å². The number of piperazine rings is 1. The van der Waals surface area contributed by atoms with Gasteiger partial charge in [-0.05, 0) is 32.9 Å². The number of hydrogen-bond donors (Lipinski definition) is 4. The minimum Gasteiger partial charge on any atom is -0.481 e. The van der Waals surface area contributed by atoms with Crippen molar-refractivity contribution in [2.45, 2.75) is 44.6 Å². The van der Waals surface area contributed by atoms with E-state index in [4.69, 9.17) is 5.11 Å². The molecular weight excluding hydrogens is 442 g/mol. The van der Waals surface area contributed by atoms with Gasteiger partial charge in [0.15, 0.2) is 0 Å². The molecule has 0 aromatic heterocycles. The molecule has 33 heavy (non-hydrogen) atoms. The number of nitrogens with one attached hydrogen (secondary N) is 3. The van der Waals surface area contributed by atoms with Crippen LogP contribution in [0, 0.1) is 0 Å². The number of amides is 3. The fourth-order valence-electron chi connectivity index (χ4n) is 4.15. The molecule has 2 fully saturated rings. The van der Waals surface area contributed by atoms with Crippen molar-refractivity contribution < 1.29 is 24.3 Å². The second-order valence-corrected chi connectivity index (χ2v) is 8.92. The van der Waals surface area contributed by atoms with Gasteiger partial charge in [0.2, 0.25) is 17.7 Å². The van der Waals surface area contributed by atoms with Gasteiger partial charge in [0.25, 0.3) is 0 Å². The minimum absolute atomic E-state index is 0.0113. The topological polar surface area (TPSA) is 134 Å². The Morgan fingerprint density at radius 3 is 2.06 bits per heavy atom. The maximum Gasteiger partial charge on any atom is 0.303 e. The third-order valence-corrected chi connectivity index (χ3v) is 6.15. The van der Waals surface area contributed by atoms with Gasteiger partial charge in [0.05, 0.1) is 6.54 Å². The van der Waals surface area contributed by atoms with Gasteiger partial charge in [-0.1, -0.05) is 0 Å². The predicted octanol–water partition coefficient (Wildman–Crippen LogP) is -1.31. The summed E-state index contributed by atoms with van der Waals surface area (Å²) in [5.74, 6) is -1.41. The van der Waals surface area contributed by atoms with Gasteiger partial charge in [-0.2, -0.15) is 0 Å². The fraction of sp³-hybridized carbons (Fsp3) is 0.818.